The Labute approximate surface area is 83.1 Å². The molecule has 15 heavy (non-hydrogen) atoms. The molecule has 4 nitrogen and oxygen atoms in total. The summed E-state index contributed by atoms with van der Waals surface area (Å²) in [5.41, 5.74) is 9.90. The zero-order chi connectivity index (χ0) is 11.4. The van der Waals surface area contributed by atoms with Gasteiger partial charge in [0.25, 0.3) is 0 Å². The van der Waals surface area contributed by atoms with Gasteiger partial charge >= 0.3 is 0 Å². The molecule has 0 saturated carbocycles. The molecule has 7 heteroatoms. The van der Waals surface area contributed by atoms with Crippen LogP contribution in [0.25, 0.3) is 0 Å². The first kappa shape index (κ1) is 11.0. The summed E-state index contributed by atoms with van der Waals surface area (Å²) in [5.74, 6) is -4.44. The van der Waals surface area contributed by atoms with E-state index in [1.807, 2.05) is 0 Å². The Balaban J connectivity index is 2.98. The lowest BCUT2D eigenvalue weighted by Crippen LogP contribution is -2.21. The highest BCUT2D eigenvalue weighted by molar-refractivity contribution is 5.81. The number of hydrogen-bond donors (Lipinski definition) is 2. The van der Waals surface area contributed by atoms with Crippen molar-refractivity contribution in [1.29, 1.82) is 0 Å². The Morgan fingerprint density at radius 3 is 2.13 bits per heavy atom. The second kappa shape index (κ2) is 4.45. The van der Waals surface area contributed by atoms with Crippen LogP contribution < -0.4 is 11.5 Å². The average Bonchev–Trinajstić information content (AvgIpc) is 2.13. The summed E-state index contributed by atoms with van der Waals surface area (Å²) in [4.78, 5) is 0. The monoisotopic (exact) mass is 216 g/mol. The van der Waals surface area contributed by atoms with Crippen molar-refractivity contribution in [2.24, 2.45) is 21.7 Å². The minimum absolute atomic E-state index is 0.0106. The molecule has 0 amide bonds. The first-order chi connectivity index (χ1) is 7.00. The van der Waals surface area contributed by atoms with E-state index in [2.05, 4.69) is 10.2 Å². The molecule has 0 aliphatic rings. The maximum atomic E-state index is 12.7. The van der Waals surface area contributed by atoms with Gasteiger partial charge in [-0.25, -0.2) is 13.2 Å². The van der Waals surface area contributed by atoms with Crippen LogP contribution in [0.3, 0.4) is 0 Å². The van der Waals surface area contributed by atoms with Crippen LogP contribution in [0, 0.1) is 17.5 Å². The van der Waals surface area contributed by atoms with Gasteiger partial charge in [0.2, 0.25) is 5.96 Å². The van der Waals surface area contributed by atoms with Crippen LogP contribution in [-0.4, -0.2) is 12.2 Å². The molecule has 0 unspecified atom stereocenters. The van der Waals surface area contributed by atoms with Gasteiger partial charge in [0.1, 0.15) is 0 Å². The Morgan fingerprint density at radius 1 is 1.13 bits per heavy atom. The Morgan fingerprint density at radius 2 is 1.67 bits per heavy atom. The number of nitrogens with two attached hydrogens (primary N) is 2. The van der Waals surface area contributed by atoms with E-state index < -0.39 is 17.5 Å². The molecule has 0 bridgehead atoms. The normalized spacial score (nSPS) is 10.6. The van der Waals surface area contributed by atoms with Gasteiger partial charge < -0.3 is 11.5 Å². The highest BCUT2D eigenvalue weighted by Gasteiger charge is 2.08. The topological polar surface area (TPSA) is 76.8 Å². The zero-order valence-electron chi connectivity index (χ0n) is 7.42. The van der Waals surface area contributed by atoms with Gasteiger partial charge in [-0.05, 0) is 12.1 Å². The fourth-order valence-corrected chi connectivity index (χ4v) is 0.812. The fourth-order valence-electron chi connectivity index (χ4n) is 0.812. The van der Waals surface area contributed by atoms with Crippen LogP contribution in [0.1, 0.15) is 5.56 Å². The molecule has 0 aromatic heterocycles. The Bertz CT molecular complexity index is 401. The molecule has 80 valence electrons. The zero-order valence-corrected chi connectivity index (χ0v) is 7.42. The van der Waals surface area contributed by atoms with Gasteiger partial charge in [-0.2, -0.15) is 5.10 Å². The highest BCUT2D eigenvalue weighted by Crippen LogP contribution is 2.12. The first-order valence-electron chi connectivity index (χ1n) is 3.77. The number of hydrogen-bond acceptors (Lipinski definition) is 2. The lowest BCUT2D eigenvalue weighted by Gasteiger charge is -1.96. The van der Waals surface area contributed by atoms with E-state index in [9.17, 15) is 13.2 Å². The smallest absolute Gasteiger partial charge is 0.211 e. The second-order valence-electron chi connectivity index (χ2n) is 2.57. The molecule has 0 fully saturated rings. The summed E-state index contributed by atoms with van der Waals surface area (Å²) < 4.78 is 37.8. The van der Waals surface area contributed by atoms with E-state index in [0.717, 1.165) is 18.3 Å². The van der Waals surface area contributed by atoms with Crippen LogP contribution >= 0.6 is 0 Å². The van der Waals surface area contributed by atoms with E-state index in [0.29, 0.717) is 0 Å². The van der Waals surface area contributed by atoms with E-state index >= 15 is 0 Å². The molecule has 4 N–H and O–H groups in total. The molecular formula is C8H7F3N4. The molecule has 0 atom stereocenters. The van der Waals surface area contributed by atoms with Crippen LogP contribution in [0.5, 0.6) is 0 Å². The standard InChI is InChI=1S/C8H7F3N4/c9-5-1-4(2-6(10)7(5)11)3-14-15-8(12)13/h1-3H,(H4,12,13,15)/b14-3+. The maximum absolute atomic E-state index is 12.7. The van der Waals surface area contributed by atoms with Crippen molar-refractivity contribution < 1.29 is 13.2 Å². The lowest BCUT2D eigenvalue weighted by atomic mass is 10.2. The van der Waals surface area contributed by atoms with Crippen molar-refractivity contribution in [3.8, 4) is 0 Å². The Kier molecular flexibility index (Phi) is 3.27. The summed E-state index contributed by atoms with van der Waals surface area (Å²) in [6.07, 6.45) is 0.991. The molecule has 0 aliphatic carbocycles. The van der Waals surface area contributed by atoms with Crippen molar-refractivity contribution in [2.75, 3.05) is 0 Å². The molecule has 0 saturated heterocycles. The third-order valence-corrected chi connectivity index (χ3v) is 1.39. The SMILES string of the molecule is NC(N)=N/N=C/c1cc(F)c(F)c(F)c1. The number of guanidine groups is 1. The molecule has 0 radical (unpaired) electrons. The average molecular weight is 216 g/mol. The van der Waals surface area contributed by atoms with Gasteiger partial charge in [0.15, 0.2) is 17.5 Å². The summed E-state index contributed by atoms with van der Waals surface area (Å²) in [7, 11) is 0. The third-order valence-electron chi connectivity index (χ3n) is 1.39. The predicted octanol–water partition coefficient (Wildman–Crippen LogP) is 0.711. The van der Waals surface area contributed by atoms with Gasteiger partial charge in [0, 0.05) is 5.56 Å². The van der Waals surface area contributed by atoms with E-state index in [1.54, 1.807) is 0 Å². The fraction of sp³-hybridized carbons (Fsp3) is 0. The van der Waals surface area contributed by atoms with Crippen LogP contribution in [-0.2, 0) is 0 Å². The lowest BCUT2D eigenvalue weighted by molar-refractivity contribution is 0.447. The molecule has 0 aliphatic heterocycles. The molecular weight excluding hydrogens is 209 g/mol. The number of rotatable bonds is 2. The van der Waals surface area contributed by atoms with Gasteiger partial charge in [-0.3, -0.25) is 0 Å². The molecule has 1 aromatic carbocycles. The largest absolute Gasteiger partial charge is 0.369 e. The summed E-state index contributed by atoms with van der Waals surface area (Å²) in [5, 5.41) is 6.51. The Hall–Kier alpha value is -2.05. The van der Waals surface area contributed by atoms with Crippen molar-refractivity contribution in [3.05, 3.63) is 35.1 Å². The third kappa shape index (κ3) is 2.97. The predicted molar refractivity (Wildman–Crippen MR) is 49.7 cm³/mol. The molecule has 1 aromatic rings. The minimum Gasteiger partial charge on any atom is -0.369 e. The summed E-state index contributed by atoms with van der Waals surface area (Å²) >= 11 is 0. The number of halogens is 3. The van der Waals surface area contributed by atoms with E-state index in [-0.39, 0.29) is 11.5 Å². The van der Waals surface area contributed by atoms with E-state index in [1.165, 1.54) is 0 Å². The highest BCUT2D eigenvalue weighted by atomic mass is 19.2. The van der Waals surface area contributed by atoms with Crippen molar-refractivity contribution >= 4 is 12.2 Å². The van der Waals surface area contributed by atoms with Gasteiger partial charge in [-0.1, -0.05) is 0 Å². The van der Waals surface area contributed by atoms with E-state index in [4.69, 9.17) is 11.5 Å². The molecule has 0 heterocycles. The van der Waals surface area contributed by atoms with Crippen molar-refractivity contribution in [2.45, 2.75) is 0 Å². The quantitative estimate of drug-likeness (QED) is 0.330. The van der Waals surface area contributed by atoms with Crippen LogP contribution in [0.4, 0.5) is 13.2 Å². The first-order valence-corrected chi connectivity index (χ1v) is 3.77. The van der Waals surface area contributed by atoms with Crippen LogP contribution in [0.2, 0.25) is 0 Å². The summed E-state index contributed by atoms with van der Waals surface area (Å²) in [6, 6.07) is 1.54. The maximum Gasteiger partial charge on any atom is 0.211 e. The van der Waals surface area contributed by atoms with Crippen molar-refractivity contribution in [1.82, 2.24) is 0 Å². The minimum atomic E-state index is -1.53. The second-order valence-corrected chi connectivity index (χ2v) is 2.57. The summed E-state index contributed by atoms with van der Waals surface area (Å²) in [6.45, 7) is 0. The van der Waals surface area contributed by atoms with Gasteiger partial charge in [-0.15, -0.1) is 5.10 Å². The molecule has 1 rings (SSSR count). The number of benzene rings is 1. The van der Waals surface area contributed by atoms with Gasteiger partial charge in [0.05, 0.1) is 6.21 Å². The number of nitrogens with zero attached hydrogens (tertiary/aromatic N) is 2. The molecule has 0 spiro atoms. The van der Waals surface area contributed by atoms with Crippen LogP contribution in [0.15, 0.2) is 22.3 Å². The van der Waals surface area contributed by atoms with Crippen molar-refractivity contribution in [3.63, 3.8) is 0 Å².